The number of nitrogens with zero attached hydrogens (tertiary/aromatic N) is 4. The smallest absolute Gasteiger partial charge is 0.300 e. The van der Waals surface area contributed by atoms with Gasteiger partial charge in [0.25, 0.3) is 0 Å². The minimum Gasteiger partial charge on any atom is -0.300 e. The number of pyridine rings is 1. The monoisotopic (exact) mass is 358 g/mol. The third-order valence-electron chi connectivity index (χ3n) is 4.70. The van der Waals surface area contributed by atoms with Crippen molar-refractivity contribution in [1.29, 1.82) is 0 Å². The van der Waals surface area contributed by atoms with E-state index in [1.54, 1.807) is 10.6 Å². The first kappa shape index (κ1) is 17.2. The van der Waals surface area contributed by atoms with Crippen molar-refractivity contribution in [1.82, 2.24) is 19.1 Å². The molecule has 2 heterocycles. The lowest BCUT2D eigenvalue weighted by atomic mass is 10.0. The van der Waals surface area contributed by atoms with Crippen LogP contribution in [0.4, 0.5) is 0 Å². The molecule has 4 aromatic rings. The molecule has 0 radical (unpaired) electrons. The third-order valence-corrected chi connectivity index (χ3v) is 4.70. The van der Waals surface area contributed by atoms with Gasteiger partial charge in [-0.3, -0.25) is 4.40 Å². The number of hydrogen-bond donors (Lipinski definition) is 0. The summed E-state index contributed by atoms with van der Waals surface area (Å²) in [6.07, 6.45) is 1.75. The number of aromatic nitrogens is 3. The highest BCUT2D eigenvalue weighted by molar-refractivity contribution is 5.63. The Kier molecular flexibility index (Phi) is 4.85. The van der Waals surface area contributed by atoms with E-state index in [1.807, 2.05) is 24.3 Å². The fourth-order valence-electron chi connectivity index (χ4n) is 3.20. The molecule has 0 spiro atoms. The molecule has 0 bridgehead atoms. The molecule has 4 rings (SSSR count). The van der Waals surface area contributed by atoms with Gasteiger partial charge < -0.3 is 4.90 Å². The highest BCUT2D eigenvalue weighted by Crippen LogP contribution is 2.19. The average molecular weight is 358 g/mol. The van der Waals surface area contributed by atoms with Gasteiger partial charge in [-0.2, -0.15) is 0 Å². The van der Waals surface area contributed by atoms with Crippen molar-refractivity contribution in [2.45, 2.75) is 13.1 Å². The Bertz CT molecular complexity index is 1080. The van der Waals surface area contributed by atoms with E-state index >= 15 is 0 Å². The van der Waals surface area contributed by atoms with Gasteiger partial charge in [0.1, 0.15) is 0 Å². The maximum atomic E-state index is 12.3. The van der Waals surface area contributed by atoms with E-state index < -0.39 is 0 Å². The second-order valence-electron chi connectivity index (χ2n) is 6.74. The molecule has 0 aliphatic rings. The van der Waals surface area contributed by atoms with E-state index in [9.17, 15) is 4.79 Å². The molecule has 0 amide bonds. The molecule has 0 aliphatic carbocycles. The number of likely N-dealkylation sites (N-methyl/N-ethyl adjacent to an activating group) is 1. The van der Waals surface area contributed by atoms with Crippen LogP contribution in [-0.4, -0.2) is 32.7 Å². The molecule has 0 N–H and O–H groups in total. The zero-order valence-electron chi connectivity index (χ0n) is 15.3. The summed E-state index contributed by atoms with van der Waals surface area (Å²) in [5, 5.41) is 4.38. The van der Waals surface area contributed by atoms with Crippen molar-refractivity contribution in [2.24, 2.45) is 0 Å². The van der Waals surface area contributed by atoms with Crippen molar-refractivity contribution < 1.29 is 0 Å². The molecule has 136 valence electrons. The summed E-state index contributed by atoms with van der Waals surface area (Å²) in [5.41, 5.74) is 4.29. The predicted octanol–water partition coefficient (Wildman–Crippen LogP) is 3.30. The Morgan fingerprint density at radius 1 is 0.889 bits per heavy atom. The van der Waals surface area contributed by atoms with Gasteiger partial charge in [0.15, 0.2) is 5.65 Å². The second kappa shape index (κ2) is 7.60. The molecule has 0 aliphatic heterocycles. The summed E-state index contributed by atoms with van der Waals surface area (Å²) in [4.78, 5) is 14.5. The van der Waals surface area contributed by atoms with E-state index in [2.05, 4.69) is 65.6 Å². The summed E-state index contributed by atoms with van der Waals surface area (Å²) >= 11 is 0. The van der Waals surface area contributed by atoms with Gasteiger partial charge in [-0.05, 0) is 35.9 Å². The Balaban J connectivity index is 1.38. The van der Waals surface area contributed by atoms with Gasteiger partial charge in [-0.25, -0.2) is 9.48 Å². The zero-order chi connectivity index (χ0) is 18.6. The standard InChI is InChI=1S/C22H22N4O/c1-24(15-16-26-22(27)25-14-6-5-9-21(25)23-26)17-18-10-12-20(13-11-18)19-7-3-2-4-8-19/h2-14H,15-17H2,1H3. The lowest BCUT2D eigenvalue weighted by Crippen LogP contribution is -2.28. The second-order valence-corrected chi connectivity index (χ2v) is 6.74. The third kappa shape index (κ3) is 3.83. The van der Waals surface area contributed by atoms with E-state index in [1.165, 1.54) is 21.4 Å². The Morgan fingerprint density at radius 2 is 1.59 bits per heavy atom. The topological polar surface area (TPSA) is 42.5 Å². The Hall–Kier alpha value is -3.18. The van der Waals surface area contributed by atoms with E-state index in [4.69, 9.17) is 0 Å². The van der Waals surface area contributed by atoms with Crippen LogP contribution in [0.2, 0.25) is 0 Å². The van der Waals surface area contributed by atoms with Crippen LogP contribution in [0.5, 0.6) is 0 Å². The van der Waals surface area contributed by atoms with Crippen molar-refractivity contribution in [3.63, 3.8) is 0 Å². The maximum Gasteiger partial charge on any atom is 0.350 e. The summed E-state index contributed by atoms with van der Waals surface area (Å²) in [7, 11) is 2.06. The lowest BCUT2D eigenvalue weighted by Gasteiger charge is -2.16. The van der Waals surface area contributed by atoms with Crippen LogP contribution < -0.4 is 5.69 Å². The van der Waals surface area contributed by atoms with Crippen molar-refractivity contribution in [3.05, 3.63) is 95.0 Å². The van der Waals surface area contributed by atoms with Crippen LogP contribution in [0.15, 0.2) is 83.8 Å². The summed E-state index contributed by atoms with van der Waals surface area (Å²) in [6.45, 7) is 2.15. The van der Waals surface area contributed by atoms with Crippen molar-refractivity contribution >= 4 is 5.65 Å². The summed E-state index contributed by atoms with van der Waals surface area (Å²) in [6, 6.07) is 24.6. The van der Waals surface area contributed by atoms with Gasteiger partial charge in [0, 0.05) is 19.3 Å². The van der Waals surface area contributed by atoms with Crippen LogP contribution in [0.25, 0.3) is 16.8 Å². The molecule has 0 fully saturated rings. The van der Waals surface area contributed by atoms with Gasteiger partial charge in [-0.1, -0.05) is 60.7 Å². The number of rotatable bonds is 6. The van der Waals surface area contributed by atoms with Crippen LogP contribution in [0.1, 0.15) is 5.56 Å². The number of hydrogen-bond acceptors (Lipinski definition) is 3. The molecule has 5 heteroatoms. The first-order valence-corrected chi connectivity index (χ1v) is 9.08. The largest absolute Gasteiger partial charge is 0.350 e. The van der Waals surface area contributed by atoms with Crippen molar-refractivity contribution in [3.8, 4) is 11.1 Å². The van der Waals surface area contributed by atoms with Gasteiger partial charge in [-0.15, -0.1) is 5.10 Å². The maximum absolute atomic E-state index is 12.3. The molecular formula is C22H22N4O. The number of fused-ring (bicyclic) bond motifs is 1. The normalized spacial score (nSPS) is 11.3. The van der Waals surface area contributed by atoms with E-state index in [0.29, 0.717) is 12.2 Å². The van der Waals surface area contributed by atoms with E-state index in [-0.39, 0.29) is 5.69 Å². The van der Waals surface area contributed by atoms with Gasteiger partial charge in [0.2, 0.25) is 0 Å². The molecule has 0 saturated heterocycles. The summed E-state index contributed by atoms with van der Waals surface area (Å²) in [5.74, 6) is 0. The molecule has 0 atom stereocenters. The highest BCUT2D eigenvalue weighted by atomic mass is 16.2. The minimum absolute atomic E-state index is 0.0915. The zero-order valence-corrected chi connectivity index (χ0v) is 15.3. The quantitative estimate of drug-likeness (QED) is 0.531. The SMILES string of the molecule is CN(CCn1nc2ccccn2c1=O)Cc1ccc(-c2ccccc2)cc1. The van der Waals surface area contributed by atoms with Crippen LogP contribution in [0.3, 0.4) is 0 Å². The molecule has 0 unspecified atom stereocenters. The fraction of sp³-hybridized carbons (Fsp3) is 0.182. The van der Waals surface area contributed by atoms with Crippen LogP contribution in [0, 0.1) is 0 Å². The minimum atomic E-state index is -0.0915. The molecule has 0 saturated carbocycles. The highest BCUT2D eigenvalue weighted by Gasteiger charge is 2.07. The molecule has 5 nitrogen and oxygen atoms in total. The Labute approximate surface area is 158 Å². The molecular weight excluding hydrogens is 336 g/mol. The van der Waals surface area contributed by atoms with Gasteiger partial charge >= 0.3 is 5.69 Å². The average Bonchev–Trinajstić information content (AvgIpc) is 3.04. The molecule has 2 aromatic heterocycles. The first-order valence-electron chi connectivity index (χ1n) is 9.08. The molecule has 2 aromatic carbocycles. The van der Waals surface area contributed by atoms with Crippen molar-refractivity contribution in [2.75, 3.05) is 13.6 Å². The predicted molar refractivity (Wildman–Crippen MR) is 108 cm³/mol. The lowest BCUT2D eigenvalue weighted by molar-refractivity contribution is 0.303. The molecule has 27 heavy (non-hydrogen) atoms. The fourth-order valence-corrected chi connectivity index (χ4v) is 3.20. The van der Waals surface area contributed by atoms with E-state index in [0.717, 1.165) is 13.1 Å². The number of benzene rings is 2. The summed E-state index contributed by atoms with van der Waals surface area (Å²) < 4.78 is 3.10. The van der Waals surface area contributed by atoms with Gasteiger partial charge in [0.05, 0.1) is 6.54 Å². The van der Waals surface area contributed by atoms with Crippen LogP contribution >= 0.6 is 0 Å². The first-order chi connectivity index (χ1) is 13.2. The Morgan fingerprint density at radius 3 is 2.33 bits per heavy atom. The van der Waals surface area contributed by atoms with Crippen LogP contribution in [-0.2, 0) is 13.1 Å².